The fourth-order valence-electron chi connectivity index (χ4n) is 0.575. The van der Waals surface area contributed by atoms with Crippen LogP contribution >= 0.6 is 0 Å². The Labute approximate surface area is 44.4 Å². The predicted molar refractivity (Wildman–Crippen MR) is 31.6 cm³/mol. The van der Waals surface area contributed by atoms with Gasteiger partial charge in [0.1, 0.15) is 0 Å². The average molecular weight is 92.9 g/mol. The van der Waals surface area contributed by atoms with E-state index in [0.717, 1.165) is 12.9 Å². The molecule has 1 aliphatic rings. The topological polar surface area (TPSA) is 12.4 Å². The molecule has 1 rings (SSSR count). The van der Waals surface area contributed by atoms with Gasteiger partial charge in [0, 0.05) is 0 Å². The van der Waals surface area contributed by atoms with Gasteiger partial charge in [-0.15, -0.1) is 0 Å². The van der Waals surface area contributed by atoms with Gasteiger partial charge in [0.05, 0.1) is 0 Å². The Balaban J connectivity index is 2.50. The molecule has 0 saturated heterocycles. The van der Waals surface area contributed by atoms with E-state index in [1.54, 1.807) is 0 Å². The summed E-state index contributed by atoms with van der Waals surface area (Å²) in [5.74, 6) is 0. The van der Waals surface area contributed by atoms with Gasteiger partial charge in [0.15, 0.2) is 0 Å². The zero-order valence-corrected chi connectivity index (χ0v) is 4.52. The first-order valence-electron chi connectivity index (χ1n) is 2.53. The molecule has 7 heavy (non-hydrogen) atoms. The molecule has 0 N–H and O–H groups in total. The van der Waals surface area contributed by atoms with E-state index in [-0.39, 0.29) is 0 Å². The van der Waals surface area contributed by atoms with Crippen LogP contribution in [0, 0.1) is 0 Å². The number of nitrogens with zero attached hydrogens (tertiary/aromatic N) is 1. The van der Waals surface area contributed by atoms with Crippen molar-refractivity contribution in [2.75, 3.05) is 6.54 Å². The minimum absolute atomic E-state index is 0.895. The summed E-state index contributed by atoms with van der Waals surface area (Å²) in [6.07, 6.45) is 3.21. The van der Waals surface area contributed by atoms with Crippen LogP contribution in [0.15, 0.2) is 16.5 Å². The van der Waals surface area contributed by atoms with Crippen LogP contribution in [0.5, 0.6) is 0 Å². The molecule has 0 amide bonds. The van der Waals surface area contributed by atoms with E-state index in [0.29, 0.717) is 0 Å². The molecule has 1 heterocycles. The first kappa shape index (κ1) is 4.76. The van der Waals surface area contributed by atoms with Crippen LogP contribution in [0.2, 0.25) is 6.32 Å². The minimum atomic E-state index is 0.895. The van der Waals surface area contributed by atoms with Crippen molar-refractivity contribution in [1.82, 2.24) is 0 Å². The Morgan fingerprint density at radius 3 is 3.00 bits per heavy atom. The van der Waals surface area contributed by atoms with Crippen molar-refractivity contribution in [2.45, 2.75) is 13.2 Å². The summed E-state index contributed by atoms with van der Waals surface area (Å²) in [5, 5.41) is 0. The van der Waals surface area contributed by atoms with Crippen LogP contribution < -0.4 is 0 Å². The number of rotatable bonds is 0. The monoisotopic (exact) mass is 93.1 g/mol. The van der Waals surface area contributed by atoms with Crippen molar-refractivity contribution in [3.8, 4) is 0 Å². The quantitative estimate of drug-likeness (QED) is 0.315. The van der Waals surface area contributed by atoms with Crippen molar-refractivity contribution in [2.24, 2.45) is 4.90 Å². The molecule has 0 aliphatic carbocycles. The van der Waals surface area contributed by atoms with Gasteiger partial charge in [-0.25, -0.2) is 0 Å². The van der Waals surface area contributed by atoms with Gasteiger partial charge >= 0.3 is 43.4 Å². The molecular weight excluding hydrogens is 84.9 g/mol. The van der Waals surface area contributed by atoms with Crippen molar-refractivity contribution >= 4 is 7.07 Å². The van der Waals surface area contributed by atoms with Gasteiger partial charge in [-0.3, -0.25) is 0 Å². The zero-order valence-electron chi connectivity index (χ0n) is 4.52. The molecule has 0 aromatic heterocycles. The van der Waals surface area contributed by atoms with Crippen LogP contribution in [0.25, 0.3) is 0 Å². The maximum absolute atomic E-state index is 4.03. The normalized spacial score (nSPS) is 18.1. The van der Waals surface area contributed by atoms with Crippen molar-refractivity contribution in [1.29, 1.82) is 0 Å². The molecule has 2 heteroatoms. The summed E-state index contributed by atoms with van der Waals surface area (Å²) in [7, 11) is 1.97. The first-order valence-corrected chi connectivity index (χ1v) is 2.53. The summed E-state index contributed by atoms with van der Waals surface area (Å²) in [6, 6.07) is 0. The fourth-order valence-corrected chi connectivity index (χ4v) is 0.575. The summed E-state index contributed by atoms with van der Waals surface area (Å²) in [5.41, 5.74) is 1.44. The van der Waals surface area contributed by atoms with Crippen LogP contribution in [-0.2, 0) is 0 Å². The van der Waals surface area contributed by atoms with E-state index in [9.17, 15) is 0 Å². The molecule has 1 nitrogen and oxygen atoms in total. The summed E-state index contributed by atoms with van der Waals surface area (Å²) < 4.78 is 0. The van der Waals surface area contributed by atoms with Crippen LogP contribution in [-0.4, -0.2) is 13.6 Å². The van der Waals surface area contributed by atoms with E-state index in [1.165, 1.54) is 5.57 Å². The molecule has 0 aromatic carbocycles. The molecular formula is C5H8BN. The summed E-state index contributed by atoms with van der Waals surface area (Å²) in [6.45, 7) is 3.02. The average Bonchev–Trinajstić information content (AvgIpc) is 1.69. The van der Waals surface area contributed by atoms with E-state index in [2.05, 4.69) is 17.9 Å². The Morgan fingerprint density at radius 1 is 1.86 bits per heavy atom. The van der Waals surface area contributed by atoms with Crippen LogP contribution in [0.1, 0.15) is 6.92 Å². The standard InChI is InChI=1S/C5H8BN/c1-5-2-3-7-6-4-5/h2H,3-4H2,1H3. The second-order valence-electron chi connectivity index (χ2n) is 1.80. The predicted octanol–water partition coefficient (Wildman–Crippen LogP) is 1.25. The van der Waals surface area contributed by atoms with Gasteiger partial charge in [0.2, 0.25) is 0 Å². The molecule has 0 fully saturated rings. The van der Waals surface area contributed by atoms with E-state index in [1.807, 2.05) is 7.07 Å². The Bertz CT molecular complexity index is 115. The van der Waals surface area contributed by atoms with E-state index < -0.39 is 0 Å². The molecule has 0 atom stereocenters. The number of allylic oxidation sites excluding steroid dienone is 1. The fraction of sp³-hybridized carbons (Fsp3) is 0.600. The molecule has 1 aliphatic heterocycles. The third kappa shape index (κ3) is 1.26. The Hall–Kier alpha value is -0.395. The zero-order chi connectivity index (χ0) is 5.11. The summed E-state index contributed by atoms with van der Waals surface area (Å²) in [4.78, 5) is 4.03. The Kier molecular flexibility index (Phi) is 1.40. The van der Waals surface area contributed by atoms with Gasteiger partial charge in [-0.1, -0.05) is 0 Å². The second kappa shape index (κ2) is 2.06. The molecule has 36 valence electrons. The van der Waals surface area contributed by atoms with Crippen LogP contribution in [0.3, 0.4) is 0 Å². The molecule has 0 radical (unpaired) electrons. The van der Waals surface area contributed by atoms with Crippen molar-refractivity contribution in [3.63, 3.8) is 0 Å². The Morgan fingerprint density at radius 2 is 2.71 bits per heavy atom. The molecule has 0 spiro atoms. The van der Waals surface area contributed by atoms with Gasteiger partial charge in [-0.2, -0.15) is 0 Å². The van der Waals surface area contributed by atoms with E-state index >= 15 is 0 Å². The molecule has 0 bridgehead atoms. The first-order chi connectivity index (χ1) is 3.39. The SMILES string of the molecule is CC1=CCN=BC1. The summed E-state index contributed by atoms with van der Waals surface area (Å²) >= 11 is 0. The van der Waals surface area contributed by atoms with Crippen molar-refractivity contribution in [3.05, 3.63) is 11.6 Å². The van der Waals surface area contributed by atoms with Crippen LogP contribution in [0.4, 0.5) is 0 Å². The number of hydrogen-bond acceptors (Lipinski definition) is 1. The second-order valence-corrected chi connectivity index (χ2v) is 1.80. The third-order valence-corrected chi connectivity index (χ3v) is 1.09. The van der Waals surface area contributed by atoms with Crippen molar-refractivity contribution < 1.29 is 0 Å². The van der Waals surface area contributed by atoms with Gasteiger partial charge in [-0.05, 0) is 0 Å². The van der Waals surface area contributed by atoms with Gasteiger partial charge in [0.25, 0.3) is 0 Å². The molecule has 0 aromatic rings. The third-order valence-electron chi connectivity index (χ3n) is 1.09. The maximum atomic E-state index is 4.03. The number of hydrogen-bond donors (Lipinski definition) is 0. The molecule has 0 saturated carbocycles. The molecule has 0 unspecified atom stereocenters. The van der Waals surface area contributed by atoms with Gasteiger partial charge < -0.3 is 0 Å². The van der Waals surface area contributed by atoms with E-state index in [4.69, 9.17) is 0 Å².